The molecule has 0 aliphatic rings. The standard InChI is InChI=1S/C26H26N4O2S/c1-17-13-18(15-27)16-28-22(17)14-23(30-33(31)26(2,3)4)19-9-5-6-10-20(19)25-21-11-7-8-12-24(21)32-29-25/h5-13,16,23,30H,14H2,1-4H3/t23-,33-/m0/s1. The molecule has 33 heavy (non-hydrogen) atoms. The molecule has 0 spiro atoms. The van der Waals surface area contributed by atoms with Crippen LogP contribution in [0.5, 0.6) is 0 Å². The highest BCUT2D eigenvalue weighted by Crippen LogP contribution is 2.34. The number of para-hydroxylation sites is 1. The van der Waals surface area contributed by atoms with Gasteiger partial charge in [0.2, 0.25) is 0 Å². The largest absolute Gasteiger partial charge is 0.356 e. The molecule has 0 bridgehead atoms. The first kappa shape index (κ1) is 22.8. The highest BCUT2D eigenvalue weighted by atomic mass is 32.2. The summed E-state index contributed by atoms with van der Waals surface area (Å²) < 4.78 is 21.6. The van der Waals surface area contributed by atoms with E-state index in [1.807, 2.05) is 82.3 Å². The van der Waals surface area contributed by atoms with Crippen LogP contribution < -0.4 is 4.72 Å². The third-order valence-electron chi connectivity index (χ3n) is 5.49. The average Bonchev–Trinajstić information content (AvgIpc) is 3.23. The van der Waals surface area contributed by atoms with Gasteiger partial charge in [-0.2, -0.15) is 5.26 Å². The second-order valence-corrected chi connectivity index (χ2v) is 11.0. The van der Waals surface area contributed by atoms with Crippen LogP contribution in [0.1, 0.15) is 49.2 Å². The van der Waals surface area contributed by atoms with Gasteiger partial charge in [-0.05, 0) is 57.0 Å². The van der Waals surface area contributed by atoms with E-state index in [1.54, 1.807) is 6.20 Å². The number of nitriles is 1. The number of nitrogens with zero attached hydrogens (tertiary/aromatic N) is 3. The Kier molecular flexibility index (Phi) is 6.41. The van der Waals surface area contributed by atoms with Gasteiger partial charge < -0.3 is 4.52 Å². The van der Waals surface area contributed by atoms with Crippen LogP contribution in [-0.4, -0.2) is 19.1 Å². The Labute approximate surface area is 196 Å². The summed E-state index contributed by atoms with van der Waals surface area (Å²) in [7, 11) is -1.31. The van der Waals surface area contributed by atoms with Gasteiger partial charge >= 0.3 is 0 Å². The average molecular weight is 459 g/mol. The molecule has 7 heteroatoms. The summed E-state index contributed by atoms with van der Waals surface area (Å²) in [6.07, 6.45) is 2.09. The number of nitrogens with one attached hydrogen (secondary N) is 1. The van der Waals surface area contributed by atoms with E-state index >= 15 is 0 Å². The van der Waals surface area contributed by atoms with Gasteiger partial charge in [0.15, 0.2) is 5.58 Å². The molecule has 1 N–H and O–H groups in total. The SMILES string of the molecule is Cc1cc(C#N)cnc1C[C@H](N[S@@](=O)C(C)(C)C)c1ccccc1-c1noc2ccccc12. The highest BCUT2D eigenvalue weighted by Gasteiger charge is 2.27. The lowest BCUT2D eigenvalue weighted by Crippen LogP contribution is -2.37. The Morgan fingerprint density at radius 1 is 1.15 bits per heavy atom. The molecule has 0 fully saturated rings. The van der Waals surface area contributed by atoms with Gasteiger partial charge in [-0.25, -0.2) is 8.93 Å². The lowest BCUT2D eigenvalue weighted by atomic mass is 9.93. The van der Waals surface area contributed by atoms with Crippen LogP contribution >= 0.6 is 0 Å². The molecule has 0 radical (unpaired) electrons. The molecule has 0 saturated heterocycles. The molecule has 6 nitrogen and oxygen atoms in total. The van der Waals surface area contributed by atoms with Crippen molar-refractivity contribution in [3.63, 3.8) is 0 Å². The maximum absolute atomic E-state index is 13.1. The highest BCUT2D eigenvalue weighted by molar-refractivity contribution is 7.84. The fourth-order valence-corrected chi connectivity index (χ4v) is 4.51. The molecule has 0 amide bonds. The molecule has 0 aliphatic carbocycles. The van der Waals surface area contributed by atoms with Crippen LogP contribution in [0, 0.1) is 18.3 Å². The van der Waals surface area contributed by atoms with Crippen molar-refractivity contribution in [3.8, 4) is 17.3 Å². The first-order valence-electron chi connectivity index (χ1n) is 10.8. The molecule has 168 valence electrons. The predicted octanol–water partition coefficient (Wildman–Crippen LogP) is 5.41. The summed E-state index contributed by atoms with van der Waals surface area (Å²) in [6, 6.07) is 19.4. The van der Waals surface area contributed by atoms with E-state index in [9.17, 15) is 9.47 Å². The number of benzene rings is 2. The molecule has 2 heterocycles. The molecule has 2 aromatic heterocycles. The Morgan fingerprint density at radius 3 is 2.61 bits per heavy atom. The van der Waals surface area contributed by atoms with Gasteiger partial charge in [-0.1, -0.05) is 41.6 Å². The van der Waals surface area contributed by atoms with E-state index in [4.69, 9.17) is 4.52 Å². The Balaban J connectivity index is 1.81. The van der Waals surface area contributed by atoms with Gasteiger partial charge in [0.1, 0.15) is 11.8 Å². The molecule has 4 rings (SSSR count). The monoisotopic (exact) mass is 458 g/mol. The Morgan fingerprint density at radius 2 is 1.88 bits per heavy atom. The molecule has 2 aromatic carbocycles. The molecule has 4 aromatic rings. The zero-order valence-corrected chi connectivity index (χ0v) is 19.9. The van der Waals surface area contributed by atoms with Gasteiger partial charge in [0.05, 0.1) is 27.3 Å². The van der Waals surface area contributed by atoms with Gasteiger partial charge in [0.25, 0.3) is 0 Å². The van der Waals surface area contributed by atoms with Crippen molar-refractivity contribution in [1.29, 1.82) is 5.26 Å². The van der Waals surface area contributed by atoms with E-state index in [1.165, 1.54) is 0 Å². The van der Waals surface area contributed by atoms with Crippen molar-refractivity contribution in [1.82, 2.24) is 14.9 Å². The van der Waals surface area contributed by atoms with Crippen molar-refractivity contribution in [3.05, 3.63) is 83.2 Å². The number of hydrogen-bond acceptors (Lipinski definition) is 5. The van der Waals surface area contributed by atoms with Gasteiger partial charge in [0, 0.05) is 29.3 Å². The van der Waals surface area contributed by atoms with E-state index in [2.05, 4.69) is 20.9 Å². The van der Waals surface area contributed by atoms with Crippen molar-refractivity contribution in [2.45, 2.75) is 44.9 Å². The molecular formula is C26H26N4O2S. The molecule has 0 saturated carbocycles. The second kappa shape index (κ2) is 9.26. The van der Waals surface area contributed by atoms with E-state index in [-0.39, 0.29) is 6.04 Å². The molecule has 0 aliphatic heterocycles. The summed E-state index contributed by atoms with van der Waals surface area (Å²) in [4.78, 5) is 4.53. The Hall–Kier alpha value is -3.34. The summed E-state index contributed by atoms with van der Waals surface area (Å²) in [5.41, 5.74) is 5.63. The lowest BCUT2D eigenvalue weighted by Gasteiger charge is -2.26. The third-order valence-corrected chi connectivity index (χ3v) is 7.10. The quantitative estimate of drug-likeness (QED) is 0.417. The zero-order valence-electron chi connectivity index (χ0n) is 19.1. The maximum Gasteiger partial charge on any atom is 0.167 e. The summed E-state index contributed by atoms with van der Waals surface area (Å²) in [6.45, 7) is 7.76. The number of rotatable bonds is 6. The lowest BCUT2D eigenvalue weighted by molar-refractivity contribution is 0.459. The predicted molar refractivity (Wildman–Crippen MR) is 131 cm³/mol. The van der Waals surface area contributed by atoms with Crippen LogP contribution in [-0.2, 0) is 17.4 Å². The van der Waals surface area contributed by atoms with Crippen LogP contribution in [0.25, 0.3) is 22.2 Å². The summed E-state index contributed by atoms with van der Waals surface area (Å²) in [5, 5.41) is 14.5. The fraction of sp³-hybridized carbons (Fsp3) is 0.269. The summed E-state index contributed by atoms with van der Waals surface area (Å²) in [5.74, 6) is 0. The van der Waals surface area contributed by atoms with Crippen LogP contribution in [0.3, 0.4) is 0 Å². The van der Waals surface area contributed by atoms with E-state index in [0.717, 1.165) is 39.0 Å². The normalized spacial score (nSPS) is 13.5. The number of aromatic nitrogens is 2. The van der Waals surface area contributed by atoms with E-state index in [0.29, 0.717) is 12.0 Å². The number of fused-ring (bicyclic) bond motifs is 1. The van der Waals surface area contributed by atoms with Crippen LogP contribution in [0.2, 0.25) is 0 Å². The number of pyridine rings is 1. The maximum atomic E-state index is 13.1. The van der Waals surface area contributed by atoms with Crippen molar-refractivity contribution in [2.75, 3.05) is 0 Å². The van der Waals surface area contributed by atoms with E-state index < -0.39 is 15.7 Å². The van der Waals surface area contributed by atoms with Crippen LogP contribution in [0.4, 0.5) is 0 Å². The topological polar surface area (TPSA) is 91.8 Å². The zero-order chi connectivity index (χ0) is 23.6. The minimum absolute atomic E-state index is 0.296. The van der Waals surface area contributed by atoms with Gasteiger partial charge in [-0.15, -0.1) is 0 Å². The molecule has 0 unspecified atom stereocenters. The van der Waals surface area contributed by atoms with Gasteiger partial charge in [-0.3, -0.25) is 4.98 Å². The second-order valence-electron chi connectivity index (χ2n) is 8.97. The Bertz CT molecular complexity index is 1360. The smallest absolute Gasteiger partial charge is 0.167 e. The summed E-state index contributed by atoms with van der Waals surface area (Å²) >= 11 is 0. The molecule has 2 atom stereocenters. The van der Waals surface area contributed by atoms with Crippen molar-refractivity contribution < 1.29 is 8.73 Å². The number of aryl methyl sites for hydroxylation is 1. The fourth-order valence-electron chi connectivity index (χ4n) is 3.69. The minimum atomic E-state index is -1.31. The number of hydrogen-bond donors (Lipinski definition) is 1. The van der Waals surface area contributed by atoms with Crippen LogP contribution in [0.15, 0.2) is 65.3 Å². The van der Waals surface area contributed by atoms with Crippen molar-refractivity contribution >= 4 is 22.0 Å². The molecular weight excluding hydrogens is 432 g/mol. The van der Waals surface area contributed by atoms with Crippen molar-refractivity contribution in [2.24, 2.45) is 0 Å². The third kappa shape index (κ3) is 4.87. The first-order chi connectivity index (χ1) is 15.8. The first-order valence-corrected chi connectivity index (χ1v) is 11.9. The minimum Gasteiger partial charge on any atom is -0.356 e.